The zero-order valence-corrected chi connectivity index (χ0v) is 17.6. The summed E-state index contributed by atoms with van der Waals surface area (Å²) in [6.45, 7) is 1.61. The van der Waals surface area contributed by atoms with Crippen LogP contribution in [0.3, 0.4) is 0 Å². The molecule has 3 aromatic rings. The van der Waals surface area contributed by atoms with Crippen molar-refractivity contribution in [3.63, 3.8) is 0 Å². The smallest absolute Gasteiger partial charge is 0.336 e. The van der Waals surface area contributed by atoms with Gasteiger partial charge >= 0.3 is 5.97 Å². The van der Waals surface area contributed by atoms with Crippen LogP contribution in [0.15, 0.2) is 48.5 Å². The number of hydrogen-bond acceptors (Lipinski definition) is 4. The summed E-state index contributed by atoms with van der Waals surface area (Å²) in [5.41, 5.74) is 8.23. The molecule has 1 aromatic heterocycles. The molecule has 3 N–H and O–H groups in total. The first kappa shape index (κ1) is 20.3. The number of carboxylic acids is 1. The van der Waals surface area contributed by atoms with Gasteiger partial charge in [0.05, 0.1) is 20.9 Å². The van der Waals surface area contributed by atoms with E-state index >= 15 is 0 Å². The van der Waals surface area contributed by atoms with E-state index in [0.29, 0.717) is 20.3 Å². The third-order valence-electron chi connectivity index (χ3n) is 5.65. The predicted molar refractivity (Wildman–Crippen MR) is 117 cm³/mol. The lowest BCUT2D eigenvalue weighted by Gasteiger charge is -2.14. The number of amides is 1. The van der Waals surface area contributed by atoms with Crippen LogP contribution < -0.4 is 5.73 Å². The molecular weight excluding hydrogens is 422 g/mol. The van der Waals surface area contributed by atoms with Crippen molar-refractivity contribution in [3.05, 3.63) is 69.6 Å². The van der Waals surface area contributed by atoms with Gasteiger partial charge in [-0.3, -0.25) is 9.59 Å². The van der Waals surface area contributed by atoms with Crippen LogP contribution in [0.5, 0.6) is 0 Å². The summed E-state index contributed by atoms with van der Waals surface area (Å²) in [5, 5.41) is 9.79. The molecule has 0 aliphatic heterocycles. The highest BCUT2D eigenvalue weighted by Gasteiger charge is 2.48. The molecule has 152 valence electrons. The standard InChI is InChI=1S/C23H18ClNO4S/c1-12(26)23(8-9-23)15-5-2-13(3-6-15)16-7-4-14(10-17(16)22(28)29)20-18(21(25)27)11-19(24)30-20/h2-7,10-11H,8-9H2,1H3,(H2,25,27)(H,28,29). The number of Topliss-reactive ketones (excluding diaryl/α,β-unsaturated/α-hetero) is 1. The summed E-state index contributed by atoms with van der Waals surface area (Å²) in [7, 11) is 0. The maximum absolute atomic E-state index is 12.0. The second kappa shape index (κ2) is 7.38. The number of benzene rings is 2. The van der Waals surface area contributed by atoms with E-state index in [2.05, 4.69) is 0 Å². The van der Waals surface area contributed by atoms with Crippen LogP contribution >= 0.6 is 22.9 Å². The number of carbonyl (C=O) groups is 3. The molecule has 2 aromatic carbocycles. The van der Waals surface area contributed by atoms with Gasteiger partial charge in [-0.25, -0.2) is 4.79 Å². The third kappa shape index (κ3) is 3.42. The van der Waals surface area contributed by atoms with Gasteiger partial charge in [0, 0.05) is 4.88 Å². The van der Waals surface area contributed by atoms with Gasteiger partial charge in [0.2, 0.25) is 5.91 Å². The Balaban J connectivity index is 1.76. The topological polar surface area (TPSA) is 97.5 Å². The Morgan fingerprint density at radius 1 is 1.00 bits per heavy atom. The molecule has 5 nitrogen and oxygen atoms in total. The van der Waals surface area contributed by atoms with Gasteiger partial charge in [-0.1, -0.05) is 48.0 Å². The Bertz CT molecular complexity index is 1190. The summed E-state index contributed by atoms with van der Waals surface area (Å²) in [4.78, 5) is 36.2. The highest BCUT2D eigenvalue weighted by molar-refractivity contribution is 7.19. The van der Waals surface area contributed by atoms with E-state index < -0.39 is 11.9 Å². The van der Waals surface area contributed by atoms with Crippen LogP contribution in [-0.4, -0.2) is 22.8 Å². The van der Waals surface area contributed by atoms with E-state index in [9.17, 15) is 19.5 Å². The number of carbonyl (C=O) groups excluding carboxylic acids is 2. The van der Waals surface area contributed by atoms with E-state index in [4.69, 9.17) is 17.3 Å². The maximum atomic E-state index is 12.0. The SMILES string of the molecule is CC(=O)C1(c2ccc(-c3ccc(-c4sc(Cl)cc4C(N)=O)cc3C(=O)O)cc2)CC1. The van der Waals surface area contributed by atoms with Crippen molar-refractivity contribution in [3.8, 4) is 21.6 Å². The summed E-state index contributed by atoms with van der Waals surface area (Å²) in [6.07, 6.45) is 1.70. The van der Waals surface area contributed by atoms with Crippen LogP contribution in [0.25, 0.3) is 21.6 Å². The monoisotopic (exact) mass is 439 g/mol. The minimum atomic E-state index is -1.08. The fourth-order valence-corrected chi connectivity index (χ4v) is 5.04. The molecule has 0 bridgehead atoms. The average Bonchev–Trinajstić information content (AvgIpc) is 3.44. The van der Waals surface area contributed by atoms with E-state index in [0.717, 1.165) is 24.0 Å². The maximum Gasteiger partial charge on any atom is 0.336 e. The van der Waals surface area contributed by atoms with Gasteiger partial charge in [-0.15, -0.1) is 11.3 Å². The Morgan fingerprint density at radius 2 is 1.63 bits per heavy atom. The zero-order chi connectivity index (χ0) is 21.6. The van der Waals surface area contributed by atoms with Crippen molar-refractivity contribution in [2.75, 3.05) is 0 Å². The number of primary amides is 1. The van der Waals surface area contributed by atoms with Gasteiger partial charge in [0.25, 0.3) is 0 Å². The quantitative estimate of drug-likeness (QED) is 0.554. The number of halogens is 1. The predicted octanol–water partition coefficient (Wildman–Crippen LogP) is 5.15. The molecule has 0 spiro atoms. The highest BCUT2D eigenvalue weighted by atomic mass is 35.5. The van der Waals surface area contributed by atoms with E-state index in [1.165, 1.54) is 23.5 Å². The van der Waals surface area contributed by atoms with Gasteiger partial charge < -0.3 is 10.8 Å². The van der Waals surface area contributed by atoms with Crippen molar-refractivity contribution in [2.24, 2.45) is 5.73 Å². The first-order valence-electron chi connectivity index (χ1n) is 9.32. The fourth-order valence-electron chi connectivity index (χ4n) is 3.81. The number of hydrogen-bond donors (Lipinski definition) is 2. The van der Waals surface area contributed by atoms with Crippen molar-refractivity contribution in [2.45, 2.75) is 25.2 Å². The van der Waals surface area contributed by atoms with E-state index in [1.807, 2.05) is 24.3 Å². The van der Waals surface area contributed by atoms with Gasteiger partial charge in [-0.2, -0.15) is 0 Å². The summed E-state index contributed by atoms with van der Waals surface area (Å²) in [5.74, 6) is -1.54. The Kier molecular flexibility index (Phi) is 5.00. The van der Waals surface area contributed by atoms with Crippen molar-refractivity contribution in [1.82, 2.24) is 0 Å². The Morgan fingerprint density at radius 3 is 2.17 bits per heavy atom. The first-order chi connectivity index (χ1) is 14.2. The zero-order valence-electron chi connectivity index (χ0n) is 16.1. The van der Waals surface area contributed by atoms with Crippen LogP contribution in [0.1, 0.15) is 46.0 Å². The lowest BCUT2D eigenvalue weighted by molar-refractivity contribution is -0.119. The van der Waals surface area contributed by atoms with Crippen molar-refractivity contribution < 1.29 is 19.5 Å². The molecule has 0 atom stereocenters. The molecule has 0 saturated heterocycles. The number of nitrogens with two attached hydrogens (primary N) is 1. The number of aromatic carboxylic acids is 1. The second-order valence-corrected chi connectivity index (χ2v) is 9.12. The molecule has 1 aliphatic rings. The Labute approximate surface area is 182 Å². The molecule has 1 amide bonds. The summed E-state index contributed by atoms with van der Waals surface area (Å²) < 4.78 is 0.398. The fraction of sp³-hybridized carbons (Fsp3) is 0.174. The molecule has 1 aliphatic carbocycles. The van der Waals surface area contributed by atoms with Crippen LogP contribution in [0.2, 0.25) is 4.34 Å². The molecule has 1 saturated carbocycles. The van der Waals surface area contributed by atoms with Gasteiger partial charge in [0.15, 0.2) is 0 Å². The van der Waals surface area contributed by atoms with E-state index in [-0.39, 0.29) is 22.3 Å². The second-order valence-electron chi connectivity index (χ2n) is 7.44. The number of carboxylic acid groups (broad SMARTS) is 1. The molecule has 4 rings (SSSR count). The number of thiophene rings is 1. The van der Waals surface area contributed by atoms with Crippen LogP contribution in [-0.2, 0) is 10.2 Å². The van der Waals surface area contributed by atoms with Crippen molar-refractivity contribution >= 4 is 40.6 Å². The van der Waals surface area contributed by atoms with Gasteiger partial charge in [-0.05, 0) is 54.2 Å². The van der Waals surface area contributed by atoms with Crippen LogP contribution in [0.4, 0.5) is 0 Å². The molecule has 1 heterocycles. The molecule has 0 radical (unpaired) electrons. The lowest BCUT2D eigenvalue weighted by Crippen LogP contribution is -2.16. The summed E-state index contributed by atoms with van der Waals surface area (Å²) in [6, 6.07) is 14.0. The Hall–Kier alpha value is -2.96. The molecule has 0 unspecified atom stereocenters. The molecule has 7 heteroatoms. The number of ketones is 1. The van der Waals surface area contributed by atoms with Gasteiger partial charge in [0.1, 0.15) is 5.78 Å². The van der Waals surface area contributed by atoms with E-state index in [1.54, 1.807) is 19.1 Å². The average molecular weight is 440 g/mol. The molecule has 30 heavy (non-hydrogen) atoms. The largest absolute Gasteiger partial charge is 0.478 e. The normalized spacial score (nSPS) is 14.3. The summed E-state index contributed by atoms with van der Waals surface area (Å²) >= 11 is 7.21. The first-order valence-corrected chi connectivity index (χ1v) is 10.5. The van der Waals surface area contributed by atoms with Crippen LogP contribution in [0, 0.1) is 0 Å². The van der Waals surface area contributed by atoms with Crippen molar-refractivity contribution in [1.29, 1.82) is 0 Å². The number of rotatable bonds is 6. The third-order valence-corrected chi connectivity index (χ3v) is 6.97. The minimum absolute atomic E-state index is 0.105. The molecule has 1 fully saturated rings. The molecular formula is C23H18ClNO4S. The lowest BCUT2D eigenvalue weighted by atomic mass is 9.89. The minimum Gasteiger partial charge on any atom is -0.478 e. The highest BCUT2D eigenvalue weighted by Crippen LogP contribution is 2.49.